The lowest BCUT2D eigenvalue weighted by Gasteiger charge is -2.08. The summed E-state index contributed by atoms with van der Waals surface area (Å²) < 4.78 is 10.3. The number of thiophene rings is 1. The van der Waals surface area contributed by atoms with Gasteiger partial charge >= 0.3 is 5.97 Å². The molecule has 0 unspecified atom stereocenters. The summed E-state index contributed by atoms with van der Waals surface area (Å²) in [6.45, 7) is 6.17. The Morgan fingerprint density at radius 3 is 2.75 bits per heavy atom. The van der Waals surface area contributed by atoms with Crippen molar-refractivity contribution in [1.82, 2.24) is 0 Å². The zero-order valence-corrected chi connectivity index (χ0v) is 13.0. The number of methoxy groups -OCH3 is 1. The molecule has 0 aliphatic carbocycles. The largest absolute Gasteiger partial charge is 0.469 e. The monoisotopic (exact) mass is 293 g/mol. The Kier molecular flexibility index (Phi) is 4.18. The van der Waals surface area contributed by atoms with Gasteiger partial charge in [-0.15, -0.1) is 11.3 Å². The molecule has 0 spiro atoms. The first kappa shape index (κ1) is 14.7. The summed E-state index contributed by atoms with van der Waals surface area (Å²) in [7, 11) is 1.37. The van der Waals surface area contributed by atoms with Crippen molar-refractivity contribution in [2.45, 2.75) is 33.1 Å². The first-order chi connectivity index (χ1) is 9.51. The van der Waals surface area contributed by atoms with Crippen LogP contribution in [0, 0.1) is 0 Å². The van der Waals surface area contributed by atoms with Crippen molar-refractivity contribution in [3.63, 3.8) is 0 Å². The van der Waals surface area contributed by atoms with Crippen molar-refractivity contribution < 1.29 is 13.9 Å². The molecule has 0 bridgehead atoms. The van der Waals surface area contributed by atoms with E-state index in [2.05, 4.69) is 13.8 Å². The van der Waals surface area contributed by atoms with Crippen LogP contribution in [0.2, 0.25) is 0 Å². The number of anilines is 1. The van der Waals surface area contributed by atoms with E-state index in [1.165, 1.54) is 18.4 Å². The number of rotatable bonds is 4. The minimum Gasteiger partial charge on any atom is -0.469 e. The van der Waals surface area contributed by atoms with Crippen molar-refractivity contribution in [2.24, 2.45) is 0 Å². The molecule has 2 N–H and O–H groups in total. The molecule has 0 saturated heterocycles. The normalized spacial score (nSPS) is 11.1. The molecule has 5 heteroatoms. The second-order valence-electron chi connectivity index (χ2n) is 4.84. The van der Waals surface area contributed by atoms with E-state index >= 15 is 0 Å². The topological polar surface area (TPSA) is 65.5 Å². The maximum atomic E-state index is 11.8. The van der Waals surface area contributed by atoms with Crippen molar-refractivity contribution in [2.75, 3.05) is 12.8 Å². The van der Waals surface area contributed by atoms with E-state index in [0.717, 1.165) is 28.2 Å². The van der Waals surface area contributed by atoms with Gasteiger partial charge in [-0.25, -0.2) is 4.79 Å². The van der Waals surface area contributed by atoms with Crippen molar-refractivity contribution in [3.8, 4) is 10.4 Å². The van der Waals surface area contributed by atoms with E-state index < -0.39 is 0 Å². The quantitative estimate of drug-likeness (QED) is 0.863. The Morgan fingerprint density at radius 2 is 2.20 bits per heavy atom. The van der Waals surface area contributed by atoms with Gasteiger partial charge in [-0.05, 0) is 17.5 Å². The van der Waals surface area contributed by atoms with Gasteiger partial charge in [0.1, 0.15) is 10.6 Å². The molecule has 20 heavy (non-hydrogen) atoms. The van der Waals surface area contributed by atoms with Gasteiger partial charge in [-0.3, -0.25) is 0 Å². The molecule has 2 aromatic heterocycles. The number of hydrogen-bond acceptors (Lipinski definition) is 5. The summed E-state index contributed by atoms with van der Waals surface area (Å²) in [5, 5.41) is 0. The number of aryl methyl sites for hydroxylation is 1. The number of carbonyl (C=O) groups excluding carboxylic acids is 1. The predicted molar refractivity (Wildman–Crippen MR) is 81.2 cm³/mol. The van der Waals surface area contributed by atoms with Gasteiger partial charge < -0.3 is 14.9 Å². The Bertz CT molecular complexity index is 625. The van der Waals surface area contributed by atoms with Crippen molar-refractivity contribution >= 4 is 23.0 Å². The molecule has 0 aliphatic heterocycles. The van der Waals surface area contributed by atoms with Crippen LogP contribution in [-0.4, -0.2) is 13.1 Å². The van der Waals surface area contributed by atoms with E-state index in [-0.39, 0.29) is 11.9 Å². The average Bonchev–Trinajstić information content (AvgIpc) is 3.01. The van der Waals surface area contributed by atoms with E-state index in [4.69, 9.17) is 14.9 Å². The summed E-state index contributed by atoms with van der Waals surface area (Å²) in [5.41, 5.74) is 8.69. The zero-order valence-electron chi connectivity index (χ0n) is 12.1. The standard InChI is InChI=1S/C15H19NO3S/c1-5-10-9(6-7-19-10)13-11(8(2)3)12(16)14(20-13)15(17)18-4/h6-8H,5,16H2,1-4H3. The lowest BCUT2D eigenvalue weighted by Crippen LogP contribution is -2.03. The maximum Gasteiger partial charge on any atom is 0.350 e. The highest BCUT2D eigenvalue weighted by Gasteiger charge is 2.25. The minimum atomic E-state index is -0.387. The number of hydrogen-bond donors (Lipinski definition) is 1. The van der Waals surface area contributed by atoms with Crippen LogP contribution in [0.5, 0.6) is 0 Å². The van der Waals surface area contributed by atoms with Crippen LogP contribution in [0.25, 0.3) is 10.4 Å². The van der Waals surface area contributed by atoms with Crippen molar-refractivity contribution in [1.29, 1.82) is 0 Å². The van der Waals surface area contributed by atoms with Crippen LogP contribution >= 0.6 is 11.3 Å². The van der Waals surface area contributed by atoms with Crippen LogP contribution in [-0.2, 0) is 11.2 Å². The van der Waals surface area contributed by atoms with Crippen LogP contribution in [0.1, 0.15) is 47.7 Å². The van der Waals surface area contributed by atoms with Crippen LogP contribution in [0.4, 0.5) is 5.69 Å². The Labute approximate surface area is 122 Å². The fourth-order valence-corrected chi connectivity index (χ4v) is 3.63. The SMILES string of the molecule is CCc1occc1-c1sc(C(=O)OC)c(N)c1C(C)C. The third kappa shape index (κ3) is 2.33. The van der Waals surface area contributed by atoms with Gasteiger partial charge in [0, 0.05) is 16.9 Å². The number of esters is 1. The molecule has 0 saturated carbocycles. The number of nitrogen functional groups attached to an aromatic ring is 1. The molecule has 108 valence electrons. The lowest BCUT2D eigenvalue weighted by molar-refractivity contribution is 0.0607. The second-order valence-corrected chi connectivity index (χ2v) is 5.87. The lowest BCUT2D eigenvalue weighted by atomic mass is 9.98. The van der Waals surface area contributed by atoms with E-state index in [9.17, 15) is 4.79 Å². The third-order valence-corrected chi connectivity index (χ3v) is 4.48. The van der Waals surface area contributed by atoms with E-state index in [1.807, 2.05) is 13.0 Å². The summed E-state index contributed by atoms with van der Waals surface area (Å²) in [6, 6.07) is 1.93. The second kappa shape index (κ2) is 5.71. The minimum absolute atomic E-state index is 0.222. The molecule has 0 amide bonds. The van der Waals surface area contributed by atoms with Crippen LogP contribution in [0.3, 0.4) is 0 Å². The summed E-state index contributed by atoms with van der Waals surface area (Å²) in [4.78, 5) is 13.3. The Hall–Kier alpha value is -1.75. The summed E-state index contributed by atoms with van der Waals surface area (Å²) >= 11 is 1.37. The highest BCUT2D eigenvalue weighted by molar-refractivity contribution is 7.18. The maximum absolute atomic E-state index is 11.8. The molecule has 2 aromatic rings. The summed E-state index contributed by atoms with van der Waals surface area (Å²) in [6.07, 6.45) is 2.47. The molecule has 0 aromatic carbocycles. The molecule has 0 aliphatic rings. The number of nitrogens with two attached hydrogens (primary N) is 1. The van der Waals surface area contributed by atoms with Gasteiger partial charge in [0.15, 0.2) is 0 Å². The number of carbonyl (C=O) groups is 1. The van der Waals surface area contributed by atoms with Gasteiger partial charge in [0.2, 0.25) is 0 Å². The highest BCUT2D eigenvalue weighted by Crippen LogP contribution is 2.44. The molecule has 0 atom stereocenters. The molecule has 0 fully saturated rings. The third-order valence-electron chi connectivity index (χ3n) is 3.24. The van der Waals surface area contributed by atoms with Crippen LogP contribution < -0.4 is 5.73 Å². The molecular weight excluding hydrogens is 274 g/mol. The molecule has 2 heterocycles. The van der Waals surface area contributed by atoms with Gasteiger partial charge in [0.25, 0.3) is 0 Å². The Balaban J connectivity index is 2.66. The van der Waals surface area contributed by atoms with Crippen molar-refractivity contribution in [3.05, 3.63) is 28.5 Å². The molecule has 2 rings (SSSR count). The molecule has 4 nitrogen and oxygen atoms in total. The summed E-state index contributed by atoms with van der Waals surface area (Å²) in [5.74, 6) is 0.742. The first-order valence-corrected chi connectivity index (χ1v) is 7.40. The fraction of sp³-hybridized carbons (Fsp3) is 0.400. The zero-order chi connectivity index (χ0) is 14.9. The van der Waals surface area contributed by atoms with Gasteiger partial charge in [0.05, 0.1) is 19.1 Å². The van der Waals surface area contributed by atoms with Gasteiger partial charge in [-0.1, -0.05) is 20.8 Å². The smallest absolute Gasteiger partial charge is 0.350 e. The first-order valence-electron chi connectivity index (χ1n) is 6.58. The molecular formula is C15H19NO3S. The molecule has 0 radical (unpaired) electrons. The fourth-order valence-electron chi connectivity index (χ4n) is 2.29. The predicted octanol–water partition coefficient (Wildman–Crippen LogP) is 4.06. The highest BCUT2D eigenvalue weighted by atomic mass is 32.1. The van der Waals surface area contributed by atoms with Gasteiger partial charge in [-0.2, -0.15) is 0 Å². The van der Waals surface area contributed by atoms with E-state index in [1.54, 1.807) is 6.26 Å². The van der Waals surface area contributed by atoms with Crippen LogP contribution in [0.15, 0.2) is 16.7 Å². The number of ether oxygens (including phenoxy) is 1. The van der Waals surface area contributed by atoms with E-state index in [0.29, 0.717) is 10.6 Å². The Morgan fingerprint density at radius 1 is 1.50 bits per heavy atom. The average molecular weight is 293 g/mol. The number of furan rings is 1.